The maximum Gasteiger partial charge on any atom is 0.267 e. The lowest BCUT2D eigenvalue weighted by Gasteiger charge is -1.97. The van der Waals surface area contributed by atoms with Gasteiger partial charge in [-0.3, -0.25) is 4.79 Å². The summed E-state index contributed by atoms with van der Waals surface area (Å²) in [4.78, 5) is 11.7. The summed E-state index contributed by atoms with van der Waals surface area (Å²) >= 11 is 5.31. The molecular formula is C8H5NOS5. The topological polar surface area (TPSA) is 22.0 Å². The van der Waals surface area contributed by atoms with Crippen LogP contribution in [0.15, 0.2) is 4.79 Å². The number of fused-ring (bicyclic) bond motifs is 3. The SMILES string of the molecule is CCn1c2c(=O)ssc2c2ssc(=S)c21. The minimum Gasteiger partial charge on any atom is -0.334 e. The van der Waals surface area contributed by atoms with Crippen LogP contribution in [0.1, 0.15) is 6.92 Å². The lowest BCUT2D eigenvalue weighted by Crippen LogP contribution is -2.00. The van der Waals surface area contributed by atoms with Gasteiger partial charge in [0.25, 0.3) is 4.74 Å². The molecule has 3 heterocycles. The Bertz CT molecular complexity index is 689. The Morgan fingerprint density at radius 1 is 1.13 bits per heavy atom. The van der Waals surface area contributed by atoms with Crippen LogP contribution < -0.4 is 4.74 Å². The second kappa shape index (κ2) is 3.46. The molecule has 0 bridgehead atoms. The zero-order chi connectivity index (χ0) is 10.6. The molecule has 0 atom stereocenters. The fraction of sp³-hybridized carbons (Fsp3) is 0.250. The van der Waals surface area contributed by atoms with Crippen LogP contribution in [0.5, 0.6) is 0 Å². The summed E-state index contributed by atoms with van der Waals surface area (Å²) in [6.07, 6.45) is 0. The van der Waals surface area contributed by atoms with Gasteiger partial charge in [-0.1, -0.05) is 43.2 Å². The minimum absolute atomic E-state index is 0.166. The first kappa shape index (κ1) is 10.1. The van der Waals surface area contributed by atoms with Gasteiger partial charge in [-0.05, 0) is 17.3 Å². The van der Waals surface area contributed by atoms with Crippen LogP contribution in [0.2, 0.25) is 0 Å². The molecule has 0 aliphatic rings. The summed E-state index contributed by atoms with van der Waals surface area (Å²) in [6.45, 7) is 2.86. The predicted molar refractivity (Wildman–Crippen MR) is 73.7 cm³/mol. The molecule has 78 valence electrons. The molecule has 0 saturated carbocycles. The molecule has 0 aromatic carbocycles. The average Bonchev–Trinajstić information content (AvgIpc) is 2.83. The van der Waals surface area contributed by atoms with Crippen molar-refractivity contribution in [2.75, 3.05) is 0 Å². The molecule has 0 spiro atoms. The highest BCUT2D eigenvalue weighted by Crippen LogP contribution is 2.39. The molecule has 0 aliphatic carbocycles. The first-order chi connectivity index (χ1) is 7.24. The number of hydrogen-bond acceptors (Lipinski definition) is 6. The molecule has 15 heavy (non-hydrogen) atoms. The van der Waals surface area contributed by atoms with Crippen LogP contribution in [0.4, 0.5) is 0 Å². The van der Waals surface area contributed by atoms with Gasteiger partial charge in [-0.2, -0.15) is 0 Å². The minimum atomic E-state index is 0.166. The van der Waals surface area contributed by atoms with E-state index in [0.29, 0.717) is 0 Å². The molecule has 0 fully saturated rings. The van der Waals surface area contributed by atoms with Gasteiger partial charge in [0.2, 0.25) is 0 Å². The summed E-state index contributed by atoms with van der Waals surface area (Å²) in [5, 5.41) is 0. The van der Waals surface area contributed by atoms with E-state index in [0.717, 1.165) is 26.1 Å². The molecule has 0 N–H and O–H groups in total. The van der Waals surface area contributed by atoms with E-state index in [1.54, 1.807) is 31.0 Å². The predicted octanol–water partition coefficient (Wildman–Crippen LogP) is 4.15. The third kappa shape index (κ3) is 1.24. The largest absolute Gasteiger partial charge is 0.334 e. The van der Waals surface area contributed by atoms with E-state index >= 15 is 0 Å². The van der Waals surface area contributed by atoms with E-state index in [2.05, 4.69) is 11.5 Å². The molecule has 0 unspecified atom stereocenters. The van der Waals surface area contributed by atoms with Crippen molar-refractivity contribution in [3.05, 3.63) is 13.4 Å². The summed E-state index contributed by atoms with van der Waals surface area (Å²) in [5.41, 5.74) is 1.95. The van der Waals surface area contributed by atoms with Crippen LogP contribution in [-0.2, 0) is 6.54 Å². The van der Waals surface area contributed by atoms with Crippen molar-refractivity contribution in [2.45, 2.75) is 13.5 Å². The fourth-order valence-electron chi connectivity index (χ4n) is 1.69. The molecule has 0 radical (unpaired) electrons. The lowest BCUT2D eigenvalue weighted by molar-refractivity contribution is 0.827. The summed E-state index contributed by atoms with van der Waals surface area (Å²) in [5.74, 6) is 0. The van der Waals surface area contributed by atoms with Crippen LogP contribution in [-0.4, -0.2) is 4.57 Å². The molecule has 0 saturated heterocycles. The van der Waals surface area contributed by atoms with Crippen molar-refractivity contribution < 1.29 is 0 Å². The average molecular weight is 291 g/mol. The second-order valence-electron chi connectivity index (χ2n) is 3.01. The Kier molecular flexibility index (Phi) is 2.33. The van der Waals surface area contributed by atoms with E-state index in [1.165, 1.54) is 15.0 Å². The van der Waals surface area contributed by atoms with E-state index in [1.807, 2.05) is 0 Å². The first-order valence-corrected chi connectivity index (χ1v) is 8.99. The Hall–Kier alpha value is -0.0800. The van der Waals surface area contributed by atoms with Crippen LogP contribution in [0.25, 0.3) is 20.4 Å². The number of hydrogen-bond donors (Lipinski definition) is 0. The van der Waals surface area contributed by atoms with E-state index in [4.69, 9.17) is 12.2 Å². The lowest BCUT2D eigenvalue weighted by atomic mass is 10.5. The summed E-state index contributed by atoms with van der Waals surface area (Å²) in [7, 11) is 6.20. The quantitative estimate of drug-likeness (QED) is 0.496. The van der Waals surface area contributed by atoms with Gasteiger partial charge in [-0.25, -0.2) is 0 Å². The Morgan fingerprint density at radius 2 is 1.80 bits per heavy atom. The van der Waals surface area contributed by atoms with E-state index in [-0.39, 0.29) is 4.74 Å². The van der Waals surface area contributed by atoms with Gasteiger partial charge in [0, 0.05) is 6.54 Å². The van der Waals surface area contributed by atoms with Gasteiger partial charge >= 0.3 is 0 Å². The highest BCUT2D eigenvalue weighted by atomic mass is 32.9. The molecule has 0 amide bonds. The van der Waals surface area contributed by atoms with Gasteiger partial charge in [0.05, 0.1) is 14.9 Å². The monoisotopic (exact) mass is 291 g/mol. The van der Waals surface area contributed by atoms with Gasteiger partial charge in [-0.15, -0.1) is 0 Å². The van der Waals surface area contributed by atoms with Crippen molar-refractivity contribution in [3.63, 3.8) is 0 Å². The standard InChI is InChI=1S/C8H5NOS5/c1-2-9-3-5(12-14-7(3)10)6-4(9)8(11)15-13-6/h2H2,1H3. The summed E-state index contributed by atoms with van der Waals surface area (Å²) < 4.78 is 5.46. The van der Waals surface area contributed by atoms with Gasteiger partial charge in [0.1, 0.15) is 9.34 Å². The third-order valence-electron chi connectivity index (χ3n) is 2.28. The maximum atomic E-state index is 11.7. The highest BCUT2D eigenvalue weighted by molar-refractivity contribution is 7.81. The summed E-state index contributed by atoms with van der Waals surface area (Å²) in [6, 6.07) is 0. The van der Waals surface area contributed by atoms with E-state index < -0.39 is 0 Å². The Morgan fingerprint density at radius 3 is 2.53 bits per heavy atom. The molecular weight excluding hydrogens is 286 g/mol. The zero-order valence-corrected chi connectivity index (χ0v) is 11.7. The Balaban J connectivity index is 2.76. The van der Waals surface area contributed by atoms with Crippen LogP contribution >= 0.6 is 53.6 Å². The van der Waals surface area contributed by atoms with Gasteiger partial charge in [0.15, 0.2) is 0 Å². The van der Waals surface area contributed by atoms with Crippen LogP contribution in [0, 0.1) is 3.82 Å². The van der Waals surface area contributed by atoms with Gasteiger partial charge < -0.3 is 4.57 Å². The molecule has 3 rings (SSSR count). The first-order valence-electron chi connectivity index (χ1n) is 4.28. The van der Waals surface area contributed by atoms with Crippen LogP contribution in [0.3, 0.4) is 0 Å². The van der Waals surface area contributed by atoms with Crippen molar-refractivity contribution in [1.82, 2.24) is 4.57 Å². The molecule has 0 aliphatic heterocycles. The van der Waals surface area contributed by atoms with Crippen molar-refractivity contribution in [3.8, 4) is 0 Å². The Labute approximate surface area is 105 Å². The smallest absolute Gasteiger partial charge is 0.267 e. The number of rotatable bonds is 1. The van der Waals surface area contributed by atoms with Crippen molar-refractivity contribution >= 4 is 74.0 Å². The van der Waals surface area contributed by atoms with E-state index in [9.17, 15) is 4.79 Å². The molecule has 3 aromatic rings. The zero-order valence-electron chi connectivity index (χ0n) is 7.60. The normalized spacial score (nSPS) is 11.8. The highest BCUT2D eigenvalue weighted by Gasteiger charge is 2.17. The molecule has 7 heteroatoms. The number of aromatic nitrogens is 1. The third-order valence-corrected chi connectivity index (χ3v) is 7.61. The number of nitrogens with zero attached hydrogens (tertiary/aromatic N) is 1. The number of aryl methyl sites for hydroxylation is 1. The molecule has 3 aromatic heterocycles. The molecule has 2 nitrogen and oxygen atoms in total. The van der Waals surface area contributed by atoms with Crippen molar-refractivity contribution in [1.29, 1.82) is 0 Å². The maximum absolute atomic E-state index is 11.7. The second-order valence-corrected chi connectivity index (χ2v) is 7.94. The fourth-order valence-corrected chi connectivity index (χ4v) is 7.18. The van der Waals surface area contributed by atoms with Crippen molar-refractivity contribution in [2.24, 2.45) is 0 Å².